The summed E-state index contributed by atoms with van der Waals surface area (Å²) in [7, 11) is 0. The molecule has 0 heterocycles. The van der Waals surface area contributed by atoms with Crippen LogP contribution >= 0.6 is 0 Å². The first-order chi connectivity index (χ1) is 11.2. The van der Waals surface area contributed by atoms with Crippen LogP contribution in [0.5, 0.6) is 0 Å². The Balaban J connectivity index is 1.82. The minimum atomic E-state index is 0.989. The molecule has 0 atom stereocenters. The molecule has 0 unspecified atom stereocenters. The molecular formula is C23H20. The zero-order valence-corrected chi connectivity index (χ0v) is 13.6. The SMILES string of the molecule is Cc1cc(Cc2cc(C)c3cccccc2-3)c2cccccc1-2. The maximum absolute atomic E-state index is 2.35. The molecule has 23 heavy (non-hydrogen) atoms. The first kappa shape index (κ1) is 14.0. The van der Waals surface area contributed by atoms with Gasteiger partial charge in [0, 0.05) is 0 Å². The van der Waals surface area contributed by atoms with Crippen LogP contribution in [0, 0.1) is 13.8 Å². The third-order valence-electron chi connectivity index (χ3n) is 4.78. The van der Waals surface area contributed by atoms with Crippen molar-refractivity contribution in [3.63, 3.8) is 0 Å². The summed E-state index contributed by atoms with van der Waals surface area (Å²) in [5, 5.41) is 0. The van der Waals surface area contributed by atoms with E-state index in [1.165, 1.54) is 44.5 Å². The van der Waals surface area contributed by atoms with Crippen LogP contribution in [0.25, 0.3) is 22.3 Å². The predicted octanol–water partition coefficient (Wildman–Crippen LogP) is 6.10. The van der Waals surface area contributed by atoms with Crippen molar-refractivity contribution < 1.29 is 0 Å². The molecule has 0 saturated carbocycles. The van der Waals surface area contributed by atoms with Gasteiger partial charge in [0.1, 0.15) is 0 Å². The fourth-order valence-electron chi connectivity index (χ4n) is 3.67. The van der Waals surface area contributed by atoms with Crippen LogP contribution in [0.2, 0.25) is 0 Å². The molecule has 0 spiro atoms. The first-order valence-corrected chi connectivity index (χ1v) is 8.18. The lowest BCUT2D eigenvalue weighted by Crippen LogP contribution is -1.87. The third kappa shape index (κ3) is 2.41. The highest BCUT2D eigenvalue weighted by molar-refractivity contribution is 5.78. The summed E-state index contributed by atoms with van der Waals surface area (Å²) in [4.78, 5) is 0. The first-order valence-electron chi connectivity index (χ1n) is 8.18. The minimum absolute atomic E-state index is 0.989. The Kier molecular flexibility index (Phi) is 3.38. The van der Waals surface area contributed by atoms with E-state index in [0.717, 1.165) is 6.42 Å². The zero-order chi connectivity index (χ0) is 15.8. The fraction of sp³-hybridized carbons (Fsp3) is 0.130. The molecule has 4 rings (SSSR count). The Morgan fingerprint density at radius 3 is 1.35 bits per heavy atom. The van der Waals surface area contributed by atoms with Crippen LogP contribution < -0.4 is 0 Å². The molecule has 0 heteroatoms. The number of hydrogen-bond acceptors (Lipinski definition) is 0. The van der Waals surface area contributed by atoms with Crippen LogP contribution in [-0.2, 0) is 6.42 Å². The van der Waals surface area contributed by atoms with Crippen molar-refractivity contribution in [2.75, 3.05) is 0 Å². The average Bonchev–Trinajstić information content (AvgIpc) is 2.84. The molecule has 4 aliphatic rings. The maximum atomic E-state index is 2.35. The van der Waals surface area contributed by atoms with Crippen LogP contribution in [0.15, 0.2) is 72.8 Å². The highest BCUT2D eigenvalue weighted by atomic mass is 14.2. The Bertz CT molecular complexity index is 840. The molecule has 0 nitrogen and oxygen atoms in total. The van der Waals surface area contributed by atoms with E-state index in [-0.39, 0.29) is 0 Å². The Hall–Kier alpha value is -2.60. The molecule has 0 saturated heterocycles. The van der Waals surface area contributed by atoms with Gasteiger partial charge in [-0.3, -0.25) is 0 Å². The van der Waals surface area contributed by atoms with Crippen molar-refractivity contribution in [3.05, 3.63) is 95.1 Å². The van der Waals surface area contributed by atoms with Crippen molar-refractivity contribution in [2.24, 2.45) is 0 Å². The minimum Gasteiger partial charge on any atom is -0.0622 e. The lowest BCUT2D eigenvalue weighted by atomic mass is 10.0. The van der Waals surface area contributed by atoms with E-state index in [9.17, 15) is 0 Å². The number of aryl methyl sites for hydroxylation is 2. The largest absolute Gasteiger partial charge is 0.0622 e. The second-order valence-electron chi connectivity index (χ2n) is 6.36. The summed E-state index contributed by atoms with van der Waals surface area (Å²) in [5.74, 6) is 0. The summed E-state index contributed by atoms with van der Waals surface area (Å²) in [6, 6.07) is 26.4. The third-order valence-corrected chi connectivity index (χ3v) is 4.78. The molecule has 0 bridgehead atoms. The highest BCUT2D eigenvalue weighted by Crippen LogP contribution is 2.37. The second-order valence-corrected chi connectivity index (χ2v) is 6.36. The van der Waals surface area contributed by atoms with Crippen LogP contribution in [0.1, 0.15) is 22.3 Å². The van der Waals surface area contributed by atoms with Gasteiger partial charge in [-0.2, -0.15) is 0 Å². The number of rotatable bonds is 2. The van der Waals surface area contributed by atoms with Gasteiger partial charge in [-0.25, -0.2) is 0 Å². The quantitative estimate of drug-likeness (QED) is 0.419. The van der Waals surface area contributed by atoms with Gasteiger partial charge >= 0.3 is 0 Å². The maximum Gasteiger partial charge on any atom is -0.00132 e. The van der Waals surface area contributed by atoms with Crippen molar-refractivity contribution >= 4 is 0 Å². The lowest BCUT2D eigenvalue weighted by molar-refractivity contribution is 1.23. The van der Waals surface area contributed by atoms with Crippen LogP contribution in [0.4, 0.5) is 0 Å². The zero-order valence-electron chi connectivity index (χ0n) is 13.6. The van der Waals surface area contributed by atoms with Crippen LogP contribution in [0.3, 0.4) is 0 Å². The fourth-order valence-corrected chi connectivity index (χ4v) is 3.67. The predicted molar refractivity (Wildman–Crippen MR) is 98.4 cm³/mol. The van der Waals surface area contributed by atoms with Crippen molar-refractivity contribution in [1.82, 2.24) is 0 Å². The van der Waals surface area contributed by atoms with Gasteiger partial charge in [-0.05, 0) is 64.8 Å². The van der Waals surface area contributed by atoms with Gasteiger partial charge in [0.15, 0.2) is 0 Å². The van der Waals surface area contributed by atoms with Gasteiger partial charge in [-0.1, -0.05) is 72.8 Å². The summed E-state index contributed by atoms with van der Waals surface area (Å²) < 4.78 is 0. The Morgan fingerprint density at radius 1 is 0.522 bits per heavy atom. The molecule has 0 N–H and O–H groups in total. The topological polar surface area (TPSA) is 0 Å². The molecule has 0 aromatic rings. The van der Waals surface area contributed by atoms with E-state index in [4.69, 9.17) is 0 Å². The lowest BCUT2D eigenvalue weighted by Gasteiger charge is -2.04. The molecule has 0 aromatic carbocycles. The molecule has 0 fully saturated rings. The van der Waals surface area contributed by atoms with Gasteiger partial charge in [-0.15, -0.1) is 0 Å². The Morgan fingerprint density at radius 2 is 0.913 bits per heavy atom. The van der Waals surface area contributed by atoms with Gasteiger partial charge < -0.3 is 0 Å². The highest BCUT2D eigenvalue weighted by Gasteiger charge is 2.16. The summed E-state index contributed by atoms with van der Waals surface area (Å²) in [6.45, 7) is 4.42. The molecule has 0 aromatic heterocycles. The normalized spacial score (nSPS) is 11.2. The molecular weight excluding hydrogens is 276 g/mol. The average molecular weight is 296 g/mol. The van der Waals surface area contributed by atoms with E-state index in [0.29, 0.717) is 0 Å². The summed E-state index contributed by atoms with van der Waals surface area (Å²) in [5.41, 5.74) is 11.1. The van der Waals surface area contributed by atoms with Crippen molar-refractivity contribution in [1.29, 1.82) is 0 Å². The molecule has 0 aliphatic heterocycles. The molecule has 0 amide bonds. The smallest absolute Gasteiger partial charge is 0.00132 e. The monoisotopic (exact) mass is 296 g/mol. The van der Waals surface area contributed by atoms with Gasteiger partial charge in [0.05, 0.1) is 0 Å². The molecule has 112 valence electrons. The van der Waals surface area contributed by atoms with Crippen molar-refractivity contribution in [2.45, 2.75) is 20.3 Å². The van der Waals surface area contributed by atoms with E-state index in [2.05, 4.69) is 86.6 Å². The molecule has 0 radical (unpaired) electrons. The summed E-state index contributed by atoms with van der Waals surface area (Å²) >= 11 is 0. The number of hydrogen-bond donors (Lipinski definition) is 0. The second kappa shape index (κ2) is 5.55. The Labute approximate surface area is 138 Å². The van der Waals surface area contributed by atoms with Crippen molar-refractivity contribution in [3.8, 4) is 22.3 Å². The van der Waals surface area contributed by atoms with E-state index >= 15 is 0 Å². The summed E-state index contributed by atoms with van der Waals surface area (Å²) in [6.07, 6.45) is 0.989. The van der Waals surface area contributed by atoms with E-state index < -0.39 is 0 Å². The molecule has 4 aliphatic carbocycles. The standard InChI is InChI=1S/C23H20/c1-16-13-18(22-11-7-3-5-9-20(16)22)15-19-14-17(2)21-10-6-4-8-12-23(19)21/h3-14H,15H2,1-2H3. The number of fused-ring (bicyclic) bond motifs is 2. The van der Waals surface area contributed by atoms with E-state index in [1.807, 2.05) is 0 Å². The van der Waals surface area contributed by atoms with E-state index in [1.54, 1.807) is 0 Å². The van der Waals surface area contributed by atoms with Gasteiger partial charge in [0.25, 0.3) is 0 Å². The van der Waals surface area contributed by atoms with Gasteiger partial charge in [0.2, 0.25) is 0 Å². The van der Waals surface area contributed by atoms with Crippen LogP contribution in [-0.4, -0.2) is 0 Å².